The number of anilines is 1. The average molecular weight is 197 g/mol. The van der Waals surface area contributed by atoms with E-state index in [1.54, 1.807) is 0 Å². The fraction of sp³-hybridized carbons (Fsp3) is 0. The summed E-state index contributed by atoms with van der Waals surface area (Å²) in [5.74, 6) is -1.44. The average Bonchev–Trinajstić information content (AvgIpc) is 2.50. The second-order valence-electron chi connectivity index (χ2n) is 2.60. The predicted octanol–water partition coefficient (Wildman–Crippen LogP) is 1.60. The van der Waals surface area contributed by atoms with E-state index in [-0.39, 0.29) is 17.5 Å². The van der Waals surface area contributed by atoms with Gasteiger partial charge in [-0.2, -0.15) is 0 Å². The zero-order chi connectivity index (χ0) is 10.1. The van der Waals surface area contributed by atoms with E-state index < -0.39 is 11.6 Å². The lowest BCUT2D eigenvalue weighted by atomic mass is 10.2. The van der Waals surface area contributed by atoms with Gasteiger partial charge in [0.2, 0.25) is 5.89 Å². The number of hydrogen-bond donors (Lipinski definition) is 1. The van der Waals surface area contributed by atoms with E-state index in [1.807, 2.05) is 0 Å². The number of hydrogen-bond acceptors (Lipinski definition) is 4. The van der Waals surface area contributed by atoms with Gasteiger partial charge in [0.15, 0.2) is 0 Å². The largest absolute Gasteiger partial charge is 0.404 e. The SMILES string of the molecule is Nc1nnc(-c2cc(F)cc(F)c2)o1. The molecule has 1 heterocycles. The van der Waals surface area contributed by atoms with Crippen LogP contribution in [0.15, 0.2) is 22.6 Å². The third kappa shape index (κ3) is 1.54. The molecule has 0 unspecified atom stereocenters. The Balaban J connectivity index is 2.51. The highest BCUT2D eigenvalue weighted by atomic mass is 19.1. The molecule has 0 saturated carbocycles. The fourth-order valence-electron chi connectivity index (χ4n) is 1.03. The maximum Gasteiger partial charge on any atom is 0.313 e. The van der Waals surface area contributed by atoms with Crippen molar-refractivity contribution in [3.05, 3.63) is 29.8 Å². The Morgan fingerprint density at radius 1 is 1.07 bits per heavy atom. The lowest BCUT2D eigenvalue weighted by Gasteiger charge is -1.95. The summed E-state index contributed by atoms with van der Waals surface area (Å²) in [6.07, 6.45) is 0. The smallest absolute Gasteiger partial charge is 0.313 e. The molecule has 6 heteroatoms. The van der Waals surface area contributed by atoms with Crippen LogP contribution in [0.1, 0.15) is 0 Å². The summed E-state index contributed by atoms with van der Waals surface area (Å²) in [6, 6.07) is 2.76. The normalized spacial score (nSPS) is 10.4. The molecule has 2 aromatic rings. The zero-order valence-electron chi connectivity index (χ0n) is 6.87. The van der Waals surface area contributed by atoms with Crippen LogP contribution in [0.5, 0.6) is 0 Å². The lowest BCUT2D eigenvalue weighted by Crippen LogP contribution is -1.84. The summed E-state index contributed by atoms with van der Waals surface area (Å²) < 4.78 is 30.3. The van der Waals surface area contributed by atoms with Gasteiger partial charge >= 0.3 is 6.01 Å². The molecule has 1 aromatic carbocycles. The fourth-order valence-corrected chi connectivity index (χ4v) is 1.03. The Morgan fingerprint density at radius 3 is 2.21 bits per heavy atom. The molecule has 0 bridgehead atoms. The van der Waals surface area contributed by atoms with E-state index in [1.165, 1.54) is 0 Å². The van der Waals surface area contributed by atoms with Gasteiger partial charge in [-0.25, -0.2) is 8.78 Å². The third-order valence-corrected chi connectivity index (χ3v) is 1.55. The van der Waals surface area contributed by atoms with E-state index in [0.29, 0.717) is 0 Å². The quantitative estimate of drug-likeness (QED) is 0.753. The van der Waals surface area contributed by atoms with Crippen LogP contribution in [0.3, 0.4) is 0 Å². The summed E-state index contributed by atoms with van der Waals surface area (Å²) >= 11 is 0. The van der Waals surface area contributed by atoms with Crippen molar-refractivity contribution >= 4 is 6.01 Å². The van der Waals surface area contributed by atoms with Gasteiger partial charge in [-0.1, -0.05) is 5.10 Å². The molecule has 0 radical (unpaired) electrons. The molecule has 0 atom stereocenters. The number of benzene rings is 1. The Bertz CT molecular complexity index is 449. The second kappa shape index (κ2) is 3.06. The van der Waals surface area contributed by atoms with Crippen LogP contribution in [0.4, 0.5) is 14.8 Å². The van der Waals surface area contributed by atoms with Crippen LogP contribution < -0.4 is 5.73 Å². The van der Waals surface area contributed by atoms with Gasteiger partial charge in [-0.05, 0) is 12.1 Å². The summed E-state index contributed by atoms with van der Waals surface area (Å²) in [5, 5.41) is 6.86. The Hall–Kier alpha value is -1.98. The minimum Gasteiger partial charge on any atom is -0.404 e. The number of nitrogens with two attached hydrogens (primary N) is 1. The minimum atomic E-state index is -0.711. The summed E-state index contributed by atoms with van der Waals surface area (Å²) in [4.78, 5) is 0. The predicted molar refractivity (Wildman–Crippen MR) is 44.1 cm³/mol. The van der Waals surface area contributed by atoms with Crippen molar-refractivity contribution in [1.29, 1.82) is 0 Å². The highest BCUT2D eigenvalue weighted by Crippen LogP contribution is 2.20. The third-order valence-electron chi connectivity index (χ3n) is 1.55. The molecule has 0 aliphatic heterocycles. The van der Waals surface area contributed by atoms with E-state index in [4.69, 9.17) is 10.2 Å². The molecule has 14 heavy (non-hydrogen) atoms. The van der Waals surface area contributed by atoms with Crippen LogP contribution in [0.2, 0.25) is 0 Å². The first-order valence-corrected chi connectivity index (χ1v) is 3.70. The first kappa shape index (κ1) is 8.61. The van der Waals surface area contributed by atoms with Gasteiger partial charge in [-0.3, -0.25) is 0 Å². The molecule has 2 N–H and O–H groups in total. The van der Waals surface area contributed by atoms with Crippen molar-refractivity contribution in [3.63, 3.8) is 0 Å². The van der Waals surface area contributed by atoms with E-state index >= 15 is 0 Å². The highest BCUT2D eigenvalue weighted by molar-refractivity contribution is 5.53. The molecule has 1 aromatic heterocycles. The van der Waals surface area contributed by atoms with Gasteiger partial charge in [0.25, 0.3) is 0 Å². The number of rotatable bonds is 1. The van der Waals surface area contributed by atoms with Gasteiger partial charge in [0, 0.05) is 11.6 Å². The molecule has 0 saturated heterocycles. The molecule has 2 rings (SSSR count). The van der Waals surface area contributed by atoms with Crippen molar-refractivity contribution in [2.24, 2.45) is 0 Å². The van der Waals surface area contributed by atoms with E-state index in [9.17, 15) is 8.78 Å². The molecular weight excluding hydrogens is 192 g/mol. The number of nitrogens with zero attached hydrogens (tertiary/aromatic N) is 2. The summed E-state index contributed by atoms with van der Waals surface area (Å²) in [7, 11) is 0. The second-order valence-corrected chi connectivity index (χ2v) is 2.60. The van der Waals surface area contributed by atoms with Crippen LogP contribution in [0, 0.1) is 11.6 Å². The summed E-state index contributed by atoms with van der Waals surface area (Å²) in [5.41, 5.74) is 5.32. The van der Waals surface area contributed by atoms with Crippen LogP contribution in [0.25, 0.3) is 11.5 Å². The Labute approximate surface area is 77.4 Å². The van der Waals surface area contributed by atoms with Gasteiger partial charge in [0.1, 0.15) is 11.6 Å². The monoisotopic (exact) mass is 197 g/mol. The molecule has 72 valence electrons. The molecule has 4 nitrogen and oxygen atoms in total. The van der Waals surface area contributed by atoms with Gasteiger partial charge in [0.05, 0.1) is 0 Å². The van der Waals surface area contributed by atoms with Crippen LogP contribution >= 0.6 is 0 Å². The van der Waals surface area contributed by atoms with Gasteiger partial charge < -0.3 is 10.2 Å². The molecule has 0 fully saturated rings. The number of nitrogen functional groups attached to an aromatic ring is 1. The van der Waals surface area contributed by atoms with Crippen molar-refractivity contribution in [2.75, 3.05) is 5.73 Å². The Kier molecular flexibility index (Phi) is 1.88. The maximum absolute atomic E-state index is 12.8. The van der Waals surface area contributed by atoms with Crippen LogP contribution in [-0.4, -0.2) is 10.2 Å². The highest BCUT2D eigenvalue weighted by Gasteiger charge is 2.08. The Morgan fingerprint density at radius 2 is 1.71 bits per heavy atom. The molecule has 0 spiro atoms. The van der Waals surface area contributed by atoms with Gasteiger partial charge in [-0.15, -0.1) is 5.10 Å². The van der Waals surface area contributed by atoms with E-state index in [0.717, 1.165) is 18.2 Å². The molecule has 0 amide bonds. The zero-order valence-corrected chi connectivity index (χ0v) is 6.87. The molecule has 0 aliphatic carbocycles. The lowest BCUT2D eigenvalue weighted by molar-refractivity contribution is 0.572. The van der Waals surface area contributed by atoms with Crippen LogP contribution in [-0.2, 0) is 0 Å². The van der Waals surface area contributed by atoms with E-state index in [2.05, 4.69) is 10.2 Å². The van der Waals surface area contributed by atoms with Crippen molar-refractivity contribution in [1.82, 2.24) is 10.2 Å². The van der Waals surface area contributed by atoms with Crippen molar-refractivity contribution < 1.29 is 13.2 Å². The number of halogens is 2. The maximum atomic E-state index is 12.8. The first-order chi connectivity index (χ1) is 6.65. The number of aromatic nitrogens is 2. The van der Waals surface area contributed by atoms with Crippen molar-refractivity contribution in [2.45, 2.75) is 0 Å². The van der Waals surface area contributed by atoms with Crippen molar-refractivity contribution in [3.8, 4) is 11.5 Å². The minimum absolute atomic E-state index is 0.0131. The molecular formula is C8H5F2N3O. The summed E-state index contributed by atoms with van der Waals surface area (Å²) in [6.45, 7) is 0. The molecule has 0 aliphatic rings. The topological polar surface area (TPSA) is 64.9 Å². The first-order valence-electron chi connectivity index (χ1n) is 3.70. The standard InChI is InChI=1S/C8H5F2N3O/c9-5-1-4(2-6(10)3-5)7-12-13-8(11)14-7/h1-3H,(H2,11,13).